The highest BCUT2D eigenvalue weighted by molar-refractivity contribution is 6.32. The van der Waals surface area contributed by atoms with Crippen molar-refractivity contribution in [3.8, 4) is 0 Å². The molecule has 0 saturated carbocycles. The number of anilines is 1. The molecule has 1 heterocycles. The quantitative estimate of drug-likeness (QED) is 0.677. The monoisotopic (exact) mass is 287 g/mol. The molecule has 2 rings (SSSR count). The third-order valence-corrected chi connectivity index (χ3v) is 3.30. The first-order valence-electron chi connectivity index (χ1n) is 6.81. The summed E-state index contributed by atoms with van der Waals surface area (Å²) < 4.78 is 0. The van der Waals surface area contributed by atoms with Crippen LogP contribution >= 0.6 is 0 Å². The lowest BCUT2D eigenvalue weighted by molar-refractivity contribution is -0.131. The first-order valence-corrected chi connectivity index (χ1v) is 6.81. The number of nitrogens with zero attached hydrogens (tertiary/aromatic N) is 2. The molecule has 1 fully saturated rings. The minimum atomic E-state index is -1.07. The maximum atomic E-state index is 12.4. The minimum absolute atomic E-state index is 0.0217. The summed E-state index contributed by atoms with van der Waals surface area (Å²) in [6.07, 6.45) is 2.13. The summed E-state index contributed by atoms with van der Waals surface area (Å²) in [7, 11) is 0. The molecule has 1 N–H and O–H groups in total. The summed E-state index contributed by atoms with van der Waals surface area (Å²) in [5.41, 5.74) is 0.425. The number of rotatable bonds is 4. The van der Waals surface area contributed by atoms with Crippen molar-refractivity contribution in [1.29, 1.82) is 0 Å². The van der Waals surface area contributed by atoms with Crippen LogP contribution in [0.3, 0.4) is 0 Å². The molecule has 1 aromatic carbocycles. The molecule has 1 aromatic rings. The Balaban J connectivity index is 2.28. The van der Waals surface area contributed by atoms with Gasteiger partial charge in [0.25, 0.3) is 5.91 Å². The van der Waals surface area contributed by atoms with Crippen molar-refractivity contribution in [3.05, 3.63) is 30.3 Å². The average Bonchev–Trinajstić information content (AvgIpc) is 2.47. The van der Waals surface area contributed by atoms with E-state index in [4.69, 9.17) is 0 Å². The first-order chi connectivity index (χ1) is 10.0. The Morgan fingerprint density at radius 3 is 2.57 bits per heavy atom. The fraction of sp³-hybridized carbons (Fsp3) is 0.333. The Morgan fingerprint density at radius 2 is 1.95 bits per heavy atom. The van der Waals surface area contributed by atoms with Crippen molar-refractivity contribution < 1.29 is 14.4 Å². The molecule has 110 valence electrons. The van der Waals surface area contributed by atoms with E-state index in [0.717, 1.165) is 11.3 Å². The molecule has 0 bridgehead atoms. The first kappa shape index (κ1) is 14.9. The molecule has 6 nitrogen and oxygen atoms in total. The van der Waals surface area contributed by atoms with Crippen LogP contribution in [0.5, 0.6) is 0 Å². The number of para-hydroxylation sites is 1. The number of hydrogen-bond acceptors (Lipinski definition) is 4. The molecular formula is C15H17N3O3. The Labute approximate surface area is 122 Å². The number of amides is 4. The smallest absolute Gasteiger partial charge is 0.293 e. The molecule has 4 amide bonds. The van der Waals surface area contributed by atoms with E-state index in [-0.39, 0.29) is 6.04 Å². The third-order valence-electron chi connectivity index (χ3n) is 3.30. The molecule has 6 heteroatoms. The molecule has 1 saturated heterocycles. The van der Waals surface area contributed by atoms with Crippen LogP contribution in [0.4, 0.5) is 10.5 Å². The predicted octanol–water partition coefficient (Wildman–Crippen LogP) is 1.75. The van der Waals surface area contributed by atoms with Gasteiger partial charge in [0, 0.05) is 12.3 Å². The van der Waals surface area contributed by atoms with Crippen LogP contribution in [0.1, 0.15) is 20.3 Å². The van der Waals surface area contributed by atoms with E-state index in [1.165, 1.54) is 6.21 Å². The number of nitrogens with one attached hydrogen (secondary N) is 1. The van der Waals surface area contributed by atoms with E-state index in [2.05, 4.69) is 10.3 Å². The van der Waals surface area contributed by atoms with Crippen molar-refractivity contribution in [1.82, 2.24) is 5.32 Å². The van der Waals surface area contributed by atoms with Gasteiger partial charge in [0.15, 0.2) is 5.92 Å². The lowest BCUT2D eigenvalue weighted by Crippen LogP contribution is -2.58. The van der Waals surface area contributed by atoms with Crippen LogP contribution in [-0.2, 0) is 9.59 Å². The number of aliphatic imine (C=N–C) groups is 1. The Morgan fingerprint density at radius 1 is 1.29 bits per heavy atom. The van der Waals surface area contributed by atoms with E-state index in [0.29, 0.717) is 5.69 Å². The molecule has 0 spiro atoms. The van der Waals surface area contributed by atoms with Crippen molar-refractivity contribution >= 4 is 29.7 Å². The third kappa shape index (κ3) is 3.16. The van der Waals surface area contributed by atoms with Gasteiger partial charge in [-0.2, -0.15) is 0 Å². The second-order valence-electron chi connectivity index (χ2n) is 4.84. The Kier molecular flexibility index (Phi) is 4.47. The average molecular weight is 287 g/mol. The second-order valence-corrected chi connectivity index (χ2v) is 4.84. The maximum Gasteiger partial charge on any atom is 0.335 e. The highest BCUT2D eigenvalue weighted by Gasteiger charge is 2.40. The van der Waals surface area contributed by atoms with Gasteiger partial charge in [-0.05, 0) is 25.5 Å². The molecule has 2 atom stereocenters. The SMILES string of the molecule is CC[C@H](C)N=CC1C(=O)NC(=O)N(c2ccccc2)C1=O. The predicted molar refractivity (Wildman–Crippen MR) is 79.2 cm³/mol. The van der Waals surface area contributed by atoms with E-state index < -0.39 is 23.8 Å². The fourth-order valence-corrected chi connectivity index (χ4v) is 1.88. The van der Waals surface area contributed by atoms with Gasteiger partial charge in [0.1, 0.15) is 0 Å². The summed E-state index contributed by atoms with van der Waals surface area (Å²) >= 11 is 0. The summed E-state index contributed by atoms with van der Waals surface area (Å²) in [6, 6.07) is 7.77. The van der Waals surface area contributed by atoms with Gasteiger partial charge in [0.05, 0.1) is 5.69 Å². The van der Waals surface area contributed by atoms with Crippen LogP contribution in [0.15, 0.2) is 35.3 Å². The number of carbonyl (C=O) groups is 3. The van der Waals surface area contributed by atoms with Crippen molar-refractivity contribution in [2.75, 3.05) is 4.90 Å². The number of urea groups is 1. The molecule has 0 aromatic heterocycles. The van der Waals surface area contributed by atoms with Crippen LogP contribution in [-0.4, -0.2) is 30.1 Å². The highest BCUT2D eigenvalue weighted by Crippen LogP contribution is 2.19. The van der Waals surface area contributed by atoms with Gasteiger partial charge < -0.3 is 0 Å². The van der Waals surface area contributed by atoms with Gasteiger partial charge in [-0.3, -0.25) is 19.9 Å². The fourth-order valence-electron chi connectivity index (χ4n) is 1.88. The van der Waals surface area contributed by atoms with E-state index in [1.807, 2.05) is 13.8 Å². The lowest BCUT2D eigenvalue weighted by Gasteiger charge is -2.28. The van der Waals surface area contributed by atoms with E-state index in [1.54, 1.807) is 30.3 Å². The standard InChI is InChI=1S/C15H17N3O3/c1-3-10(2)16-9-12-13(19)17-15(21)18(14(12)20)11-7-5-4-6-8-11/h4-10,12H,3H2,1-2H3,(H,17,19,21)/t10-,12?/m0/s1. The van der Waals surface area contributed by atoms with Gasteiger partial charge in [-0.1, -0.05) is 25.1 Å². The maximum absolute atomic E-state index is 12.4. The van der Waals surface area contributed by atoms with Crippen LogP contribution in [0.2, 0.25) is 0 Å². The summed E-state index contributed by atoms with van der Waals surface area (Å²) in [5, 5.41) is 2.19. The van der Waals surface area contributed by atoms with Crippen molar-refractivity contribution in [2.45, 2.75) is 26.3 Å². The summed E-state index contributed by atoms with van der Waals surface area (Å²) in [5.74, 6) is -2.29. The largest absolute Gasteiger partial charge is 0.335 e. The van der Waals surface area contributed by atoms with Crippen molar-refractivity contribution in [3.63, 3.8) is 0 Å². The summed E-state index contributed by atoms with van der Waals surface area (Å²) in [4.78, 5) is 41.2. The molecule has 0 aliphatic carbocycles. The molecule has 1 unspecified atom stereocenters. The lowest BCUT2D eigenvalue weighted by atomic mass is 10.1. The number of imide groups is 2. The van der Waals surface area contributed by atoms with E-state index in [9.17, 15) is 14.4 Å². The summed E-state index contributed by atoms with van der Waals surface area (Å²) in [6.45, 7) is 3.85. The van der Waals surface area contributed by atoms with Crippen LogP contribution < -0.4 is 10.2 Å². The van der Waals surface area contributed by atoms with Gasteiger partial charge in [-0.25, -0.2) is 9.69 Å². The molecule has 21 heavy (non-hydrogen) atoms. The zero-order valence-electron chi connectivity index (χ0n) is 11.9. The van der Waals surface area contributed by atoms with E-state index >= 15 is 0 Å². The topological polar surface area (TPSA) is 78.8 Å². The molecule has 0 radical (unpaired) electrons. The normalized spacial score (nSPS) is 20.8. The zero-order valence-corrected chi connectivity index (χ0v) is 11.9. The zero-order chi connectivity index (χ0) is 15.4. The van der Waals surface area contributed by atoms with Crippen LogP contribution in [0, 0.1) is 5.92 Å². The van der Waals surface area contributed by atoms with Gasteiger partial charge >= 0.3 is 6.03 Å². The minimum Gasteiger partial charge on any atom is -0.293 e. The number of hydrogen-bond donors (Lipinski definition) is 1. The Hall–Kier alpha value is -2.50. The van der Waals surface area contributed by atoms with Gasteiger partial charge in [0.2, 0.25) is 5.91 Å². The number of benzene rings is 1. The van der Waals surface area contributed by atoms with Gasteiger partial charge in [-0.15, -0.1) is 0 Å². The van der Waals surface area contributed by atoms with Crippen molar-refractivity contribution in [2.24, 2.45) is 10.9 Å². The molecule has 1 aliphatic rings. The van der Waals surface area contributed by atoms with Crippen LogP contribution in [0.25, 0.3) is 0 Å². The second kappa shape index (κ2) is 6.30. The number of carbonyl (C=O) groups excluding carboxylic acids is 3. The highest BCUT2D eigenvalue weighted by atomic mass is 16.2. The molecular weight excluding hydrogens is 270 g/mol. The molecule has 1 aliphatic heterocycles. The number of barbiturate groups is 1. The Bertz CT molecular complexity index is 583.